The first-order chi connectivity index (χ1) is 18.1. The van der Waals surface area contributed by atoms with E-state index < -0.39 is 6.04 Å². The number of likely N-dealkylation sites (tertiary alicyclic amines) is 1. The fraction of sp³-hybridized carbons (Fsp3) is 0.379. The molecule has 8 heteroatoms. The van der Waals surface area contributed by atoms with Crippen molar-refractivity contribution >= 4 is 18.1 Å². The Balaban J connectivity index is 1.35. The Morgan fingerprint density at radius 1 is 1.08 bits per heavy atom. The number of aromatic nitrogens is 3. The number of pyridine rings is 1. The van der Waals surface area contributed by atoms with Gasteiger partial charge >= 0.3 is 0 Å². The summed E-state index contributed by atoms with van der Waals surface area (Å²) in [6.07, 6.45) is 11.9. The number of amides is 1. The fourth-order valence-corrected chi connectivity index (χ4v) is 6.14. The highest BCUT2D eigenvalue weighted by Crippen LogP contribution is 2.49. The number of hydrogen-bond donors (Lipinski definition) is 2. The van der Waals surface area contributed by atoms with E-state index in [4.69, 9.17) is 0 Å². The van der Waals surface area contributed by atoms with Crippen LogP contribution in [0, 0.1) is 11.8 Å². The maximum atomic E-state index is 13.5. The van der Waals surface area contributed by atoms with Crippen LogP contribution >= 0.6 is 0 Å². The maximum absolute atomic E-state index is 13.5. The summed E-state index contributed by atoms with van der Waals surface area (Å²) in [5, 5.41) is 13.7. The lowest BCUT2D eigenvalue weighted by Crippen LogP contribution is -2.52. The van der Waals surface area contributed by atoms with Crippen molar-refractivity contribution in [3.8, 4) is 0 Å². The second-order valence-electron chi connectivity index (χ2n) is 10.3. The predicted octanol–water partition coefficient (Wildman–Crippen LogP) is 2.64. The molecule has 2 aromatic heterocycles. The molecule has 8 nitrogen and oxygen atoms in total. The minimum absolute atomic E-state index is 0.0358. The van der Waals surface area contributed by atoms with Crippen LogP contribution in [0.15, 0.2) is 66.0 Å². The highest BCUT2D eigenvalue weighted by molar-refractivity contribution is 5.83. The van der Waals surface area contributed by atoms with Crippen molar-refractivity contribution in [2.45, 2.75) is 50.5 Å². The molecule has 0 radical (unpaired) electrons. The lowest BCUT2D eigenvalue weighted by atomic mass is 9.87. The molecule has 2 fully saturated rings. The lowest BCUT2D eigenvalue weighted by Gasteiger charge is -2.34. The van der Waals surface area contributed by atoms with Crippen LogP contribution in [0.25, 0.3) is 12.2 Å². The van der Waals surface area contributed by atoms with Crippen molar-refractivity contribution in [2.24, 2.45) is 11.8 Å². The zero-order valence-corrected chi connectivity index (χ0v) is 20.6. The van der Waals surface area contributed by atoms with Crippen LogP contribution in [0.1, 0.15) is 47.7 Å². The summed E-state index contributed by atoms with van der Waals surface area (Å²) >= 11 is 0. The molecule has 1 saturated heterocycles. The van der Waals surface area contributed by atoms with Gasteiger partial charge in [-0.15, -0.1) is 0 Å². The molecule has 4 heterocycles. The van der Waals surface area contributed by atoms with Crippen molar-refractivity contribution in [1.82, 2.24) is 24.8 Å². The first-order valence-electron chi connectivity index (χ1n) is 13.0. The van der Waals surface area contributed by atoms with E-state index in [0.29, 0.717) is 18.7 Å². The zero-order chi connectivity index (χ0) is 25.4. The molecule has 3 aliphatic rings. The van der Waals surface area contributed by atoms with Gasteiger partial charge < -0.3 is 15.0 Å². The molecule has 2 N–H and O–H groups in total. The van der Waals surface area contributed by atoms with Crippen molar-refractivity contribution in [3.05, 3.63) is 93.9 Å². The number of nitrogens with zero attached hydrogens (tertiary/aromatic N) is 4. The molecule has 0 spiro atoms. The van der Waals surface area contributed by atoms with Crippen LogP contribution in [0.5, 0.6) is 0 Å². The molecule has 0 bridgehead atoms. The standard InChI is InChI=1S/C29H31N5O3/c35-17-24-23-16-33-25(12-11-21(29(33)37)10-9-19-5-2-1-3-6-19)26(23)34(15-20-13-30-18-31-14-20)27(24)28(36)32-22-7-4-8-22/h1-3,5-6,9-14,18,22-24,26-27,35H,4,7-8,15-17H2,(H,32,36)/t23-,24-,26+,27-/m1/s1. The van der Waals surface area contributed by atoms with E-state index in [2.05, 4.69) is 20.2 Å². The number of benzene rings is 1. The summed E-state index contributed by atoms with van der Waals surface area (Å²) in [6, 6.07) is 13.3. The monoisotopic (exact) mass is 497 g/mol. The minimum atomic E-state index is -0.484. The van der Waals surface area contributed by atoms with Crippen LogP contribution in [0.4, 0.5) is 0 Å². The Hall–Kier alpha value is -3.62. The van der Waals surface area contributed by atoms with E-state index in [9.17, 15) is 14.7 Å². The number of rotatable bonds is 7. The molecule has 2 aliphatic heterocycles. The number of fused-ring (bicyclic) bond motifs is 3. The molecule has 1 aliphatic carbocycles. The van der Waals surface area contributed by atoms with Gasteiger partial charge in [0.25, 0.3) is 5.56 Å². The minimum Gasteiger partial charge on any atom is -0.396 e. The molecule has 1 saturated carbocycles. The van der Waals surface area contributed by atoms with Crippen LogP contribution < -0.4 is 10.9 Å². The summed E-state index contributed by atoms with van der Waals surface area (Å²) in [5.74, 6) is -0.364. The third-order valence-electron chi connectivity index (χ3n) is 8.17. The van der Waals surface area contributed by atoms with Crippen LogP contribution in [-0.4, -0.2) is 49.1 Å². The Labute approximate surface area is 215 Å². The van der Waals surface area contributed by atoms with Crippen molar-refractivity contribution in [1.29, 1.82) is 0 Å². The highest BCUT2D eigenvalue weighted by Gasteiger charge is 2.55. The van der Waals surface area contributed by atoms with Gasteiger partial charge in [0.15, 0.2) is 0 Å². The van der Waals surface area contributed by atoms with E-state index in [1.54, 1.807) is 12.4 Å². The van der Waals surface area contributed by atoms with Gasteiger partial charge in [-0.25, -0.2) is 9.97 Å². The summed E-state index contributed by atoms with van der Waals surface area (Å²) in [5.41, 5.74) is 3.39. The summed E-state index contributed by atoms with van der Waals surface area (Å²) in [7, 11) is 0. The van der Waals surface area contributed by atoms with Gasteiger partial charge in [-0.3, -0.25) is 14.5 Å². The van der Waals surface area contributed by atoms with Gasteiger partial charge in [0.05, 0.1) is 12.1 Å². The number of hydrogen-bond acceptors (Lipinski definition) is 6. The van der Waals surface area contributed by atoms with E-state index in [-0.39, 0.29) is 42.0 Å². The largest absolute Gasteiger partial charge is 0.396 e. The van der Waals surface area contributed by atoms with Crippen molar-refractivity contribution in [2.75, 3.05) is 6.61 Å². The van der Waals surface area contributed by atoms with Gasteiger partial charge in [0, 0.05) is 66.8 Å². The zero-order valence-electron chi connectivity index (χ0n) is 20.6. The maximum Gasteiger partial charge on any atom is 0.258 e. The number of aliphatic hydroxyl groups excluding tert-OH is 1. The SMILES string of the molecule is O=C(NC1CCC1)[C@H]1[C@H](CO)[C@H]2Cn3c(ccc(C=Cc4ccccc4)c3=O)[C@H]2N1Cc1cncnc1. The Morgan fingerprint density at radius 3 is 2.57 bits per heavy atom. The average molecular weight is 498 g/mol. The molecule has 1 amide bonds. The summed E-state index contributed by atoms with van der Waals surface area (Å²) < 4.78 is 1.83. The van der Waals surface area contributed by atoms with Gasteiger partial charge in [-0.2, -0.15) is 0 Å². The number of nitrogens with one attached hydrogen (secondary N) is 1. The average Bonchev–Trinajstić information content (AvgIpc) is 3.42. The van der Waals surface area contributed by atoms with E-state index in [1.807, 2.05) is 59.2 Å². The third-order valence-corrected chi connectivity index (χ3v) is 8.17. The van der Waals surface area contributed by atoms with Crippen LogP contribution in [0.2, 0.25) is 0 Å². The Kier molecular flexibility index (Phi) is 6.44. The summed E-state index contributed by atoms with van der Waals surface area (Å²) in [6.45, 7) is 0.826. The van der Waals surface area contributed by atoms with E-state index in [0.717, 1.165) is 36.1 Å². The van der Waals surface area contributed by atoms with Crippen molar-refractivity contribution < 1.29 is 9.90 Å². The molecule has 1 aromatic carbocycles. The molecular weight excluding hydrogens is 466 g/mol. The Morgan fingerprint density at radius 2 is 1.86 bits per heavy atom. The highest BCUT2D eigenvalue weighted by atomic mass is 16.3. The first kappa shape index (κ1) is 23.8. The first-order valence-corrected chi connectivity index (χ1v) is 13.0. The normalized spacial score (nSPS) is 25.1. The van der Waals surface area contributed by atoms with Crippen LogP contribution in [-0.2, 0) is 17.9 Å². The van der Waals surface area contributed by atoms with E-state index in [1.165, 1.54) is 6.33 Å². The number of carbonyl (C=O) groups excluding carboxylic acids is 1. The molecule has 6 rings (SSSR count). The second-order valence-corrected chi connectivity index (χ2v) is 10.3. The molecule has 37 heavy (non-hydrogen) atoms. The second kappa shape index (κ2) is 10.0. The third kappa shape index (κ3) is 4.40. The van der Waals surface area contributed by atoms with E-state index >= 15 is 0 Å². The van der Waals surface area contributed by atoms with Crippen molar-refractivity contribution in [3.63, 3.8) is 0 Å². The lowest BCUT2D eigenvalue weighted by molar-refractivity contribution is -0.129. The molecule has 4 atom stereocenters. The molecule has 190 valence electrons. The predicted molar refractivity (Wildman–Crippen MR) is 140 cm³/mol. The fourth-order valence-electron chi connectivity index (χ4n) is 6.14. The smallest absolute Gasteiger partial charge is 0.258 e. The number of carbonyl (C=O) groups is 1. The molecule has 0 unspecified atom stereocenters. The van der Waals surface area contributed by atoms with Gasteiger partial charge in [0.2, 0.25) is 5.91 Å². The topological polar surface area (TPSA) is 100 Å². The van der Waals surface area contributed by atoms with Crippen LogP contribution in [0.3, 0.4) is 0 Å². The van der Waals surface area contributed by atoms with Gasteiger partial charge in [0.1, 0.15) is 6.33 Å². The summed E-state index contributed by atoms with van der Waals surface area (Å²) in [4.78, 5) is 37.5. The molecule has 3 aromatic rings. The number of aliphatic hydroxyl groups is 1. The van der Waals surface area contributed by atoms with Gasteiger partial charge in [-0.1, -0.05) is 36.4 Å². The quantitative estimate of drug-likeness (QED) is 0.521. The molecular formula is C29H31N5O3. The van der Waals surface area contributed by atoms with Gasteiger partial charge in [-0.05, 0) is 43.0 Å². The Bertz CT molecular complexity index is 1350.